The normalized spacial score (nSPS) is 13.3. The molecule has 1 radical (unpaired) electrons. The van der Waals surface area contributed by atoms with E-state index in [4.69, 9.17) is 15.0 Å². The molecule has 4 aromatic carbocycles. The predicted octanol–water partition coefficient (Wildman–Crippen LogP) is 8.30. The molecule has 0 unspecified atom stereocenters. The van der Waals surface area contributed by atoms with Gasteiger partial charge in [-0.1, -0.05) is 121 Å². The smallest absolute Gasteiger partial charge is 0.166 e. The maximum Gasteiger partial charge on any atom is 0.166 e. The molecule has 1 N–H and O–H groups in total. The maximum absolute atomic E-state index is 5.07. The van der Waals surface area contributed by atoms with Gasteiger partial charge in [0.05, 0.1) is 26.9 Å². The van der Waals surface area contributed by atoms with E-state index in [-0.39, 0.29) is 0 Å². The van der Waals surface area contributed by atoms with E-state index in [0.29, 0.717) is 0 Å². The summed E-state index contributed by atoms with van der Waals surface area (Å²) in [6, 6.07) is 46.2. The van der Waals surface area contributed by atoms with Gasteiger partial charge in [0.25, 0.3) is 0 Å². The molecule has 0 aliphatic carbocycles. The standard InChI is InChI=1S/C34H23N4S/c1-5-13-23(14-6-1)29-30(24-15-7-2-8-16-24)36-33(35-29)27-21-22-28(39-27)34-37-31(25-17-9-3-10-18-25)32(38-34)26-19-11-4-12-20-26/h1-22H,(H,35,36). The SMILES string of the molecule is c1ccc([C]2N=C(c3ccc(-c4nc(-c5ccccc5)c(-c5ccccc5)[nH]4)s3)N=C2c2ccccc2)cc1. The van der Waals surface area contributed by atoms with E-state index in [1.54, 1.807) is 11.3 Å². The summed E-state index contributed by atoms with van der Waals surface area (Å²) in [6.45, 7) is 0. The number of nitrogens with one attached hydrogen (secondary N) is 1. The topological polar surface area (TPSA) is 53.4 Å². The third kappa shape index (κ3) is 4.54. The van der Waals surface area contributed by atoms with Crippen molar-refractivity contribution in [1.82, 2.24) is 9.97 Å². The monoisotopic (exact) mass is 519 g/mol. The molecule has 39 heavy (non-hydrogen) atoms. The van der Waals surface area contributed by atoms with Gasteiger partial charge in [0.2, 0.25) is 0 Å². The molecular formula is C34H23N4S. The fourth-order valence-electron chi connectivity index (χ4n) is 4.74. The number of aromatic amines is 1. The van der Waals surface area contributed by atoms with Crippen LogP contribution < -0.4 is 0 Å². The number of H-pyrrole nitrogens is 1. The van der Waals surface area contributed by atoms with Gasteiger partial charge < -0.3 is 4.98 Å². The highest BCUT2D eigenvalue weighted by Gasteiger charge is 2.28. The molecule has 0 amide bonds. The molecule has 0 bridgehead atoms. The van der Waals surface area contributed by atoms with Gasteiger partial charge in [0.15, 0.2) is 11.9 Å². The first-order valence-corrected chi connectivity index (χ1v) is 13.6. The number of hydrogen-bond donors (Lipinski definition) is 1. The molecule has 0 saturated heterocycles. The second-order valence-corrected chi connectivity index (χ2v) is 10.3. The molecule has 3 heterocycles. The average molecular weight is 520 g/mol. The van der Waals surface area contributed by atoms with Crippen molar-refractivity contribution in [2.24, 2.45) is 9.98 Å². The zero-order valence-electron chi connectivity index (χ0n) is 21.0. The molecule has 4 nitrogen and oxygen atoms in total. The first-order chi connectivity index (χ1) is 19.3. The Kier molecular flexibility index (Phi) is 6.04. The third-order valence-electron chi connectivity index (χ3n) is 6.63. The summed E-state index contributed by atoms with van der Waals surface area (Å²) >= 11 is 1.65. The molecule has 185 valence electrons. The fraction of sp³-hybridized carbons (Fsp3) is 0. The van der Waals surface area contributed by atoms with Gasteiger partial charge >= 0.3 is 0 Å². The van der Waals surface area contributed by atoms with E-state index in [1.807, 2.05) is 60.7 Å². The number of hydrogen-bond acceptors (Lipinski definition) is 4. The number of aromatic nitrogens is 2. The highest BCUT2D eigenvalue weighted by molar-refractivity contribution is 7.17. The van der Waals surface area contributed by atoms with Gasteiger partial charge in [-0.05, 0) is 23.3 Å². The number of benzene rings is 4. The van der Waals surface area contributed by atoms with Crippen LogP contribution in [0.4, 0.5) is 0 Å². The lowest BCUT2D eigenvalue weighted by molar-refractivity contribution is 1.25. The van der Waals surface area contributed by atoms with E-state index in [1.165, 1.54) is 0 Å². The molecule has 2 aromatic heterocycles. The number of aliphatic imine (C=N–C) groups is 2. The predicted molar refractivity (Wildman–Crippen MR) is 161 cm³/mol. The number of thiophene rings is 1. The van der Waals surface area contributed by atoms with E-state index >= 15 is 0 Å². The minimum Gasteiger partial charge on any atom is -0.337 e. The van der Waals surface area contributed by atoms with Crippen molar-refractivity contribution in [3.8, 4) is 33.2 Å². The van der Waals surface area contributed by atoms with Crippen LogP contribution in [-0.2, 0) is 0 Å². The number of rotatable bonds is 6. The zero-order chi connectivity index (χ0) is 26.0. The lowest BCUT2D eigenvalue weighted by Crippen LogP contribution is -2.09. The van der Waals surface area contributed by atoms with Crippen LogP contribution in [0.25, 0.3) is 33.2 Å². The first-order valence-electron chi connectivity index (χ1n) is 12.8. The lowest BCUT2D eigenvalue weighted by Gasteiger charge is -2.09. The maximum atomic E-state index is 5.07. The molecule has 0 saturated carbocycles. The second-order valence-electron chi connectivity index (χ2n) is 9.18. The minimum atomic E-state index is 0.724. The van der Waals surface area contributed by atoms with Gasteiger partial charge in [0.1, 0.15) is 5.82 Å². The third-order valence-corrected chi connectivity index (χ3v) is 7.72. The summed E-state index contributed by atoms with van der Waals surface area (Å²) in [5.41, 5.74) is 7.13. The van der Waals surface area contributed by atoms with Gasteiger partial charge in [-0.3, -0.25) is 0 Å². The Morgan fingerprint density at radius 1 is 0.487 bits per heavy atom. The van der Waals surface area contributed by atoms with Crippen molar-refractivity contribution in [1.29, 1.82) is 0 Å². The number of imidazole rings is 1. The van der Waals surface area contributed by atoms with Crippen molar-refractivity contribution in [3.63, 3.8) is 0 Å². The van der Waals surface area contributed by atoms with Crippen LogP contribution in [0, 0.1) is 6.04 Å². The highest BCUT2D eigenvalue weighted by atomic mass is 32.1. The Morgan fingerprint density at radius 2 is 1.03 bits per heavy atom. The number of amidine groups is 1. The Labute approximate surface area is 231 Å². The molecule has 1 aliphatic heterocycles. The Morgan fingerprint density at radius 3 is 1.67 bits per heavy atom. The van der Waals surface area contributed by atoms with Crippen LogP contribution in [0.1, 0.15) is 16.0 Å². The molecule has 0 atom stereocenters. The summed E-state index contributed by atoms with van der Waals surface area (Å²) in [5, 5.41) is 0. The molecular weight excluding hydrogens is 496 g/mol. The van der Waals surface area contributed by atoms with Crippen LogP contribution in [0.15, 0.2) is 143 Å². The van der Waals surface area contributed by atoms with Gasteiger partial charge in [0, 0.05) is 11.1 Å². The van der Waals surface area contributed by atoms with E-state index in [9.17, 15) is 0 Å². The van der Waals surface area contributed by atoms with Crippen molar-refractivity contribution in [2.45, 2.75) is 0 Å². The van der Waals surface area contributed by atoms with E-state index in [0.717, 1.165) is 66.8 Å². The van der Waals surface area contributed by atoms with Crippen LogP contribution >= 0.6 is 11.3 Å². The Balaban J connectivity index is 1.28. The van der Waals surface area contributed by atoms with Gasteiger partial charge in [-0.15, -0.1) is 11.3 Å². The largest absolute Gasteiger partial charge is 0.337 e. The van der Waals surface area contributed by atoms with Crippen LogP contribution in [0.5, 0.6) is 0 Å². The summed E-state index contributed by atoms with van der Waals surface area (Å²) < 4.78 is 0. The summed E-state index contributed by atoms with van der Waals surface area (Å²) in [7, 11) is 0. The summed E-state index contributed by atoms with van der Waals surface area (Å²) in [4.78, 5) is 20.8. The van der Waals surface area contributed by atoms with Crippen molar-refractivity contribution >= 4 is 22.9 Å². The van der Waals surface area contributed by atoms with Crippen LogP contribution in [0.3, 0.4) is 0 Å². The molecule has 1 aliphatic rings. The van der Waals surface area contributed by atoms with Crippen LogP contribution in [-0.4, -0.2) is 21.5 Å². The zero-order valence-corrected chi connectivity index (χ0v) is 21.8. The summed E-state index contributed by atoms with van der Waals surface area (Å²) in [5.74, 6) is 1.56. The molecule has 6 aromatic rings. The Hall–Kier alpha value is -4.87. The molecule has 0 fully saturated rings. The highest BCUT2D eigenvalue weighted by Crippen LogP contribution is 2.37. The fourth-order valence-corrected chi connectivity index (χ4v) is 5.63. The minimum absolute atomic E-state index is 0.724. The molecule has 0 spiro atoms. The molecule has 7 rings (SSSR count). The summed E-state index contributed by atoms with van der Waals surface area (Å²) in [6.07, 6.45) is 0. The van der Waals surface area contributed by atoms with Crippen molar-refractivity contribution in [3.05, 3.63) is 156 Å². The van der Waals surface area contributed by atoms with Gasteiger partial charge in [-0.2, -0.15) is 0 Å². The van der Waals surface area contributed by atoms with E-state index < -0.39 is 0 Å². The first kappa shape index (κ1) is 23.3. The molecule has 5 heteroatoms. The number of nitrogens with zero attached hydrogens (tertiary/aromatic N) is 3. The van der Waals surface area contributed by atoms with E-state index in [2.05, 4.69) is 77.8 Å². The van der Waals surface area contributed by atoms with Crippen LogP contribution in [0.2, 0.25) is 0 Å². The second kappa shape index (κ2) is 10.1. The average Bonchev–Trinajstić information content (AvgIpc) is 3.77. The Bertz CT molecular complexity index is 1730. The van der Waals surface area contributed by atoms with Gasteiger partial charge in [-0.25, -0.2) is 15.0 Å². The quantitative estimate of drug-likeness (QED) is 0.236. The lowest BCUT2D eigenvalue weighted by atomic mass is 9.98. The van der Waals surface area contributed by atoms with Crippen molar-refractivity contribution < 1.29 is 0 Å². The van der Waals surface area contributed by atoms with Crippen molar-refractivity contribution in [2.75, 3.05) is 0 Å².